The summed E-state index contributed by atoms with van der Waals surface area (Å²) in [4.78, 5) is 0.279. The summed E-state index contributed by atoms with van der Waals surface area (Å²) < 4.78 is 32.0. The second-order valence-electron chi connectivity index (χ2n) is 4.57. The van der Waals surface area contributed by atoms with Crippen molar-refractivity contribution in [2.24, 2.45) is 0 Å². The van der Waals surface area contributed by atoms with Crippen molar-refractivity contribution in [2.75, 3.05) is 26.3 Å². The van der Waals surface area contributed by atoms with E-state index >= 15 is 0 Å². The Labute approximate surface area is 113 Å². The van der Waals surface area contributed by atoms with Gasteiger partial charge in [-0.1, -0.05) is 12.1 Å². The number of hydrogen-bond donors (Lipinski definition) is 1. The molecular formula is C13H19NO4S. The standard InChI is InChI=1S/C13H19NO4S/c1-11-12(10-15)4-2-5-13(11)19(16,17)14-6-3-8-18-9-7-14/h2,4-5,15H,3,6-10H2,1H3. The number of benzene rings is 1. The van der Waals surface area contributed by atoms with Gasteiger partial charge in [-0.3, -0.25) is 0 Å². The van der Waals surface area contributed by atoms with E-state index in [4.69, 9.17) is 4.74 Å². The van der Waals surface area contributed by atoms with Crippen molar-refractivity contribution in [2.45, 2.75) is 24.8 Å². The molecule has 106 valence electrons. The first-order valence-corrected chi connectivity index (χ1v) is 7.78. The Balaban J connectivity index is 2.38. The lowest BCUT2D eigenvalue weighted by Crippen LogP contribution is -2.33. The van der Waals surface area contributed by atoms with Crippen molar-refractivity contribution in [1.82, 2.24) is 4.31 Å². The fourth-order valence-electron chi connectivity index (χ4n) is 2.21. The van der Waals surface area contributed by atoms with Crippen LogP contribution in [-0.2, 0) is 21.4 Å². The predicted octanol–water partition coefficient (Wildman–Crippen LogP) is 0.898. The lowest BCUT2D eigenvalue weighted by atomic mass is 10.1. The minimum atomic E-state index is -3.51. The van der Waals surface area contributed by atoms with E-state index in [0.717, 1.165) is 0 Å². The average molecular weight is 285 g/mol. The van der Waals surface area contributed by atoms with Crippen molar-refractivity contribution in [3.63, 3.8) is 0 Å². The lowest BCUT2D eigenvalue weighted by Gasteiger charge is -2.21. The predicted molar refractivity (Wildman–Crippen MR) is 71.3 cm³/mol. The molecule has 1 aromatic carbocycles. The number of aliphatic hydroxyl groups is 1. The van der Waals surface area contributed by atoms with Crippen LogP contribution in [0.1, 0.15) is 17.5 Å². The van der Waals surface area contributed by atoms with Gasteiger partial charge in [-0.05, 0) is 30.5 Å². The maximum absolute atomic E-state index is 12.6. The molecule has 0 amide bonds. The third-order valence-electron chi connectivity index (χ3n) is 3.37. The molecule has 0 bridgehead atoms. The van der Waals surface area contributed by atoms with Gasteiger partial charge in [-0.15, -0.1) is 0 Å². The Hall–Kier alpha value is -0.950. The van der Waals surface area contributed by atoms with Crippen LogP contribution < -0.4 is 0 Å². The molecule has 0 unspecified atom stereocenters. The van der Waals surface area contributed by atoms with Crippen molar-refractivity contribution in [3.8, 4) is 0 Å². The Morgan fingerprint density at radius 2 is 2.11 bits per heavy atom. The average Bonchev–Trinajstić information content (AvgIpc) is 2.68. The molecule has 1 fully saturated rings. The fourth-order valence-corrected chi connectivity index (χ4v) is 3.94. The normalized spacial score (nSPS) is 18.2. The van der Waals surface area contributed by atoms with E-state index in [2.05, 4.69) is 0 Å². The Kier molecular flexibility index (Phi) is 4.57. The molecule has 1 heterocycles. The third-order valence-corrected chi connectivity index (χ3v) is 5.41. The maximum Gasteiger partial charge on any atom is 0.243 e. The Morgan fingerprint density at radius 1 is 1.32 bits per heavy atom. The molecule has 0 aromatic heterocycles. The van der Waals surface area contributed by atoms with Crippen LogP contribution in [-0.4, -0.2) is 44.1 Å². The van der Waals surface area contributed by atoms with Gasteiger partial charge in [0.2, 0.25) is 10.0 Å². The highest BCUT2D eigenvalue weighted by Gasteiger charge is 2.27. The van der Waals surface area contributed by atoms with E-state index in [-0.39, 0.29) is 11.5 Å². The van der Waals surface area contributed by atoms with Gasteiger partial charge in [0.25, 0.3) is 0 Å². The molecule has 6 heteroatoms. The van der Waals surface area contributed by atoms with Crippen LogP contribution in [0.3, 0.4) is 0 Å². The Morgan fingerprint density at radius 3 is 2.84 bits per heavy atom. The van der Waals surface area contributed by atoms with Crippen LogP contribution in [0.2, 0.25) is 0 Å². The van der Waals surface area contributed by atoms with Crippen LogP contribution >= 0.6 is 0 Å². The van der Waals surface area contributed by atoms with Crippen molar-refractivity contribution >= 4 is 10.0 Å². The summed E-state index contributed by atoms with van der Waals surface area (Å²) in [5.74, 6) is 0. The summed E-state index contributed by atoms with van der Waals surface area (Å²) in [6, 6.07) is 5.00. The van der Waals surface area contributed by atoms with E-state index in [1.807, 2.05) is 0 Å². The highest BCUT2D eigenvalue weighted by atomic mass is 32.2. The molecule has 0 atom stereocenters. The second-order valence-corrected chi connectivity index (χ2v) is 6.47. The van der Waals surface area contributed by atoms with E-state index in [9.17, 15) is 13.5 Å². The first-order chi connectivity index (χ1) is 9.07. The number of hydrogen-bond acceptors (Lipinski definition) is 4. The van der Waals surface area contributed by atoms with E-state index < -0.39 is 10.0 Å². The van der Waals surface area contributed by atoms with Crippen molar-refractivity contribution < 1.29 is 18.3 Å². The summed E-state index contributed by atoms with van der Waals surface area (Å²) >= 11 is 0. The number of rotatable bonds is 3. The molecule has 0 saturated carbocycles. The molecule has 0 aliphatic carbocycles. The van der Waals surface area contributed by atoms with Gasteiger partial charge in [0, 0.05) is 19.7 Å². The summed E-state index contributed by atoms with van der Waals surface area (Å²) in [5.41, 5.74) is 1.27. The second kappa shape index (κ2) is 6.00. The van der Waals surface area contributed by atoms with Gasteiger partial charge in [0.05, 0.1) is 18.1 Å². The molecule has 0 spiro atoms. The quantitative estimate of drug-likeness (QED) is 0.896. The molecule has 1 aromatic rings. The van der Waals surface area contributed by atoms with Crippen molar-refractivity contribution in [1.29, 1.82) is 0 Å². The fraction of sp³-hybridized carbons (Fsp3) is 0.538. The molecule has 2 rings (SSSR count). The van der Waals surface area contributed by atoms with Gasteiger partial charge in [0.15, 0.2) is 0 Å². The monoisotopic (exact) mass is 285 g/mol. The number of aliphatic hydroxyl groups excluding tert-OH is 1. The first-order valence-electron chi connectivity index (χ1n) is 6.34. The van der Waals surface area contributed by atoms with Gasteiger partial charge in [-0.2, -0.15) is 4.31 Å². The lowest BCUT2D eigenvalue weighted by molar-refractivity contribution is 0.148. The minimum Gasteiger partial charge on any atom is -0.392 e. The number of ether oxygens (including phenoxy) is 1. The van der Waals surface area contributed by atoms with Crippen LogP contribution in [0.15, 0.2) is 23.1 Å². The van der Waals surface area contributed by atoms with Crippen LogP contribution in [0, 0.1) is 6.92 Å². The number of nitrogens with zero attached hydrogens (tertiary/aromatic N) is 1. The molecule has 5 nitrogen and oxygen atoms in total. The minimum absolute atomic E-state index is 0.154. The zero-order chi connectivity index (χ0) is 13.9. The molecule has 1 aliphatic heterocycles. The van der Waals surface area contributed by atoms with Crippen LogP contribution in [0.25, 0.3) is 0 Å². The summed E-state index contributed by atoms with van der Waals surface area (Å²) in [6.07, 6.45) is 0.706. The van der Waals surface area contributed by atoms with Crippen molar-refractivity contribution in [3.05, 3.63) is 29.3 Å². The highest BCUT2D eigenvalue weighted by Crippen LogP contribution is 2.23. The largest absolute Gasteiger partial charge is 0.392 e. The van der Waals surface area contributed by atoms with E-state index in [0.29, 0.717) is 43.9 Å². The summed E-state index contributed by atoms with van der Waals surface area (Å²) in [6.45, 7) is 3.46. The molecule has 0 radical (unpaired) electrons. The molecule has 1 aliphatic rings. The summed E-state index contributed by atoms with van der Waals surface area (Å²) in [5, 5.41) is 9.24. The molecular weight excluding hydrogens is 266 g/mol. The SMILES string of the molecule is Cc1c(CO)cccc1S(=O)(=O)N1CCCOCC1. The molecule has 1 saturated heterocycles. The van der Waals surface area contributed by atoms with E-state index in [1.165, 1.54) is 4.31 Å². The maximum atomic E-state index is 12.6. The zero-order valence-electron chi connectivity index (χ0n) is 11.0. The van der Waals surface area contributed by atoms with Crippen LogP contribution in [0.5, 0.6) is 0 Å². The van der Waals surface area contributed by atoms with E-state index in [1.54, 1.807) is 25.1 Å². The van der Waals surface area contributed by atoms with Gasteiger partial charge >= 0.3 is 0 Å². The topological polar surface area (TPSA) is 66.8 Å². The summed E-state index contributed by atoms with van der Waals surface area (Å²) in [7, 11) is -3.51. The Bertz CT molecular complexity index is 534. The first kappa shape index (κ1) is 14.5. The smallest absolute Gasteiger partial charge is 0.243 e. The van der Waals surface area contributed by atoms with Crippen LogP contribution in [0.4, 0.5) is 0 Å². The van der Waals surface area contributed by atoms with Gasteiger partial charge < -0.3 is 9.84 Å². The number of sulfonamides is 1. The molecule has 19 heavy (non-hydrogen) atoms. The highest BCUT2D eigenvalue weighted by molar-refractivity contribution is 7.89. The zero-order valence-corrected chi connectivity index (χ0v) is 11.8. The molecule has 1 N–H and O–H groups in total. The third kappa shape index (κ3) is 2.97. The van der Waals surface area contributed by atoms with Gasteiger partial charge in [0.1, 0.15) is 0 Å². The van der Waals surface area contributed by atoms with Gasteiger partial charge in [-0.25, -0.2) is 8.42 Å².